The highest BCUT2D eigenvalue weighted by Gasteiger charge is 2.39. The van der Waals surface area contributed by atoms with Crippen molar-refractivity contribution in [1.29, 1.82) is 0 Å². The van der Waals surface area contributed by atoms with Crippen molar-refractivity contribution in [3.8, 4) is 0 Å². The van der Waals surface area contributed by atoms with Gasteiger partial charge in [-0.15, -0.1) is 0 Å². The van der Waals surface area contributed by atoms with Crippen molar-refractivity contribution in [2.45, 2.75) is 38.1 Å². The Hall–Kier alpha value is -2.29. The number of benzene rings is 1. The average molecular weight is 372 g/mol. The minimum atomic E-state index is -0.585. The maximum atomic E-state index is 12.7. The lowest BCUT2D eigenvalue weighted by atomic mass is 10.0. The summed E-state index contributed by atoms with van der Waals surface area (Å²) in [4.78, 5) is 40.0. The van der Waals surface area contributed by atoms with Crippen LogP contribution in [-0.4, -0.2) is 71.0 Å². The monoisotopic (exact) mass is 372 g/mol. The van der Waals surface area contributed by atoms with Crippen LogP contribution in [-0.2, 0) is 22.7 Å². The summed E-state index contributed by atoms with van der Waals surface area (Å²) in [5, 5.41) is 15.5. The number of rotatable bonds is 3. The number of nitrogens with one attached hydrogen (secondary N) is 2. The van der Waals surface area contributed by atoms with Gasteiger partial charge in [-0.3, -0.25) is 24.6 Å². The van der Waals surface area contributed by atoms with E-state index in [0.29, 0.717) is 38.2 Å². The first-order valence-electron chi connectivity index (χ1n) is 9.39. The number of piperidine rings is 1. The molecule has 8 nitrogen and oxygen atoms in total. The van der Waals surface area contributed by atoms with Crippen LogP contribution in [0.2, 0.25) is 0 Å². The van der Waals surface area contributed by atoms with Crippen LogP contribution in [0.5, 0.6) is 0 Å². The van der Waals surface area contributed by atoms with Crippen LogP contribution in [0.15, 0.2) is 18.2 Å². The molecule has 0 radical (unpaired) electrons. The number of β-amino-alcohol motifs (C(OH)–C–C–N with tert-alkyl or cyclic N) is 1. The fourth-order valence-electron chi connectivity index (χ4n) is 4.09. The third-order valence-corrected chi connectivity index (χ3v) is 5.45. The molecule has 3 aliphatic rings. The number of imide groups is 1. The van der Waals surface area contributed by atoms with E-state index >= 15 is 0 Å². The molecule has 27 heavy (non-hydrogen) atoms. The van der Waals surface area contributed by atoms with Gasteiger partial charge in [-0.2, -0.15) is 0 Å². The maximum absolute atomic E-state index is 12.7. The van der Waals surface area contributed by atoms with E-state index in [1.54, 1.807) is 4.90 Å². The van der Waals surface area contributed by atoms with Gasteiger partial charge in [0, 0.05) is 51.3 Å². The first-order chi connectivity index (χ1) is 13.0. The highest BCUT2D eigenvalue weighted by molar-refractivity contribution is 6.05. The summed E-state index contributed by atoms with van der Waals surface area (Å²) in [6, 6.07) is 5.20. The van der Waals surface area contributed by atoms with Crippen LogP contribution in [0.3, 0.4) is 0 Å². The first kappa shape index (κ1) is 18.1. The highest BCUT2D eigenvalue weighted by atomic mass is 16.3. The van der Waals surface area contributed by atoms with E-state index in [9.17, 15) is 19.5 Å². The number of nitrogens with zero attached hydrogens (tertiary/aromatic N) is 2. The Kier molecular flexibility index (Phi) is 4.94. The van der Waals surface area contributed by atoms with Gasteiger partial charge in [-0.1, -0.05) is 12.1 Å². The van der Waals surface area contributed by atoms with Gasteiger partial charge < -0.3 is 15.3 Å². The Morgan fingerprint density at radius 1 is 1.22 bits per heavy atom. The number of hydrogen-bond acceptors (Lipinski definition) is 6. The Bertz CT molecular complexity index is 781. The molecule has 8 heteroatoms. The summed E-state index contributed by atoms with van der Waals surface area (Å²) in [5.41, 5.74) is 2.62. The van der Waals surface area contributed by atoms with Gasteiger partial charge in [-0.05, 0) is 23.6 Å². The van der Waals surface area contributed by atoms with Gasteiger partial charge in [0.15, 0.2) is 0 Å². The van der Waals surface area contributed by atoms with Gasteiger partial charge in [0.05, 0.1) is 6.10 Å². The number of aliphatic hydroxyl groups is 1. The van der Waals surface area contributed by atoms with E-state index in [1.165, 1.54) is 0 Å². The molecular weight excluding hydrogens is 348 g/mol. The highest BCUT2D eigenvalue weighted by Crippen LogP contribution is 2.28. The third-order valence-electron chi connectivity index (χ3n) is 5.45. The predicted molar refractivity (Wildman–Crippen MR) is 96.6 cm³/mol. The van der Waals surface area contributed by atoms with E-state index < -0.39 is 11.9 Å². The summed E-state index contributed by atoms with van der Waals surface area (Å²) in [6.45, 7) is 4.01. The van der Waals surface area contributed by atoms with Crippen molar-refractivity contribution in [1.82, 2.24) is 20.4 Å². The lowest BCUT2D eigenvalue weighted by Gasteiger charge is -2.29. The van der Waals surface area contributed by atoms with Crippen molar-refractivity contribution in [2.75, 3.05) is 26.2 Å². The molecule has 144 valence electrons. The standard InChI is InChI=1S/C19H24N4O4/c24-14-8-20-5-6-22(11-14)9-12-1-2-15-13(7-12)10-23(19(15)27)16-3-4-17(25)21-18(16)26/h1-2,7,14,16,20,24H,3-6,8-11H2,(H,21,25,26). The molecule has 1 aromatic carbocycles. The second-order valence-corrected chi connectivity index (χ2v) is 7.48. The number of carbonyl (C=O) groups excluding carboxylic acids is 3. The van der Waals surface area contributed by atoms with Crippen molar-refractivity contribution < 1.29 is 19.5 Å². The smallest absolute Gasteiger partial charge is 0.255 e. The van der Waals surface area contributed by atoms with Crippen molar-refractivity contribution in [3.05, 3.63) is 34.9 Å². The zero-order chi connectivity index (χ0) is 19.0. The molecule has 0 aliphatic carbocycles. The van der Waals surface area contributed by atoms with E-state index in [1.807, 2.05) is 18.2 Å². The Morgan fingerprint density at radius 3 is 2.89 bits per heavy atom. The fourth-order valence-corrected chi connectivity index (χ4v) is 4.09. The summed E-state index contributed by atoms with van der Waals surface area (Å²) in [6.07, 6.45) is 0.245. The summed E-state index contributed by atoms with van der Waals surface area (Å²) in [7, 11) is 0. The zero-order valence-electron chi connectivity index (χ0n) is 15.1. The molecule has 0 spiro atoms. The molecule has 2 atom stereocenters. The summed E-state index contributed by atoms with van der Waals surface area (Å²) in [5.74, 6) is -0.823. The number of fused-ring (bicyclic) bond motifs is 1. The van der Waals surface area contributed by atoms with Crippen molar-refractivity contribution in [3.63, 3.8) is 0 Å². The Morgan fingerprint density at radius 2 is 2.07 bits per heavy atom. The van der Waals surface area contributed by atoms with Crippen LogP contribution < -0.4 is 10.6 Å². The van der Waals surface area contributed by atoms with Crippen LogP contribution in [0, 0.1) is 0 Å². The van der Waals surface area contributed by atoms with E-state index in [-0.39, 0.29) is 24.3 Å². The molecule has 3 amide bonds. The van der Waals surface area contributed by atoms with Crippen LogP contribution in [0.25, 0.3) is 0 Å². The van der Waals surface area contributed by atoms with Gasteiger partial charge in [-0.25, -0.2) is 0 Å². The molecule has 0 saturated carbocycles. The second kappa shape index (κ2) is 7.38. The van der Waals surface area contributed by atoms with Crippen LogP contribution in [0.4, 0.5) is 0 Å². The van der Waals surface area contributed by atoms with Gasteiger partial charge in [0.1, 0.15) is 6.04 Å². The number of amides is 3. The topological polar surface area (TPSA) is 102 Å². The van der Waals surface area contributed by atoms with Crippen molar-refractivity contribution >= 4 is 17.7 Å². The van der Waals surface area contributed by atoms with E-state index in [4.69, 9.17) is 0 Å². The predicted octanol–water partition coefficient (Wildman–Crippen LogP) is -0.786. The molecule has 2 saturated heterocycles. The summed E-state index contributed by atoms with van der Waals surface area (Å²) >= 11 is 0. The number of aliphatic hydroxyl groups excluding tert-OH is 1. The number of carbonyl (C=O) groups is 3. The third kappa shape index (κ3) is 3.73. The quantitative estimate of drug-likeness (QED) is 0.602. The van der Waals surface area contributed by atoms with Gasteiger partial charge >= 0.3 is 0 Å². The number of hydrogen-bond donors (Lipinski definition) is 3. The lowest BCUT2D eigenvalue weighted by Crippen LogP contribution is -2.52. The first-order valence-corrected chi connectivity index (χ1v) is 9.39. The zero-order valence-corrected chi connectivity index (χ0v) is 15.1. The normalized spacial score (nSPS) is 26.7. The molecule has 2 unspecified atom stereocenters. The molecule has 3 heterocycles. The average Bonchev–Trinajstić information content (AvgIpc) is 2.80. The second-order valence-electron chi connectivity index (χ2n) is 7.48. The van der Waals surface area contributed by atoms with E-state index in [0.717, 1.165) is 24.2 Å². The Balaban J connectivity index is 1.47. The molecule has 4 rings (SSSR count). The minimum absolute atomic E-state index is 0.152. The molecule has 1 aromatic rings. The van der Waals surface area contributed by atoms with Gasteiger partial charge in [0.25, 0.3) is 5.91 Å². The largest absolute Gasteiger partial charge is 0.390 e. The lowest BCUT2D eigenvalue weighted by molar-refractivity contribution is -0.136. The molecule has 2 fully saturated rings. The molecule has 3 aliphatic heterocycles. The molecular formula is C19H24N4O4. The van der Waals surface area contributed by atoms with Gasteiger partial charge in [0.2, 0.25) is 11.8 Å². The minimum Gasteiger partial charge on any atom is -0.390 e. The van der Waals surface area contributed by atoms with Crippen molar-refractivity contribution in [2.24, 2.45) is 0 Å². The van der Waals surface area contributed by atoms with E-state index in [2.05, 4.69) is 15.5 Å². The fraction of sp³-hybridized carbons (Fsp3) is 0.526. The summed E-state index contributed by atoms with van der Waals surface area (Å²) < 4.78 is 0. The molecule has 0 bridgehead atoms. The SMILES string of the molecule is O=C1CCC(N2Cc3cc(CN4CCNCC(O)C4)ccc3C2=O)C(=O)N1. The Labute approximate surface area is 157 Å². The molecule has 3 N–H and O–H groups in total. The van der Waals surface area contributed by atoms with Crippen LogP contribution >= 0.6 is 0 Å². The maximum Gasteiger partial charge on any atom is 0.255 e. The van der Waals surface area contributed by atoms with Crippen LogP contribution in [0.1, 0.15) is 34.3 Å². The molecule has 0 aromatic heterocycles.